The lowest BCUT2D eigenvalue weighted by molar-refractivity contribution is 0.286. The third kappa shape index (κ3) is 2.51. The fourth-order valence-electron chi connectivity index (χ4n) is 2.83. The first-order chi connectivity index (χ1) is 11.4. The molecule has 0 spiro atoms. The highest BCUT2D eigenvalue weighted by Crippen LogP contribution is 2.53. The monoisotopic (exact) mass is 368 g/mol. The van der Waals surface area contributed by atoms with Crippen molar-refractivity contribution in [1.29, 1.82) is 0 Å². The maximum Gasteiger partial charge on any atom is 0.360 e. The van der Waals surface area contributed by atoms with Gasteiger partial charge >= 0.3 is 15.2 Å². The standard InChI is InChI=1S/C16H18O6P2/c1-19-23(17,20-2)11-5-7-13-14-8-6-12(24(18,21-3)22-4)10-16(14)15(13)9-11/h5-10H,1-4H3. The summed E-state index contributed by atoms with van der Waals surface area (Å²) in [5.74, 6) is 0. The van der Waals surface area contributed by atoms with Gasteiger partial charge in [-0.1, -0.05) is 12.1 Å². The molecule has 0 aromatic heterocycles. The van der Waals surface area contributed by atoms with E-state index in [0.29, 0.717) is 10.6 Å². The fraction of sp³-hybridized carbons (Fsp3) is 0.250. The molecule has 0 saturated carbocycles. The van der Waals surface area contributed by atoms with Gasteiger partial charge < -0.3 is 18.1 Å². The second-order valence-electron chi connectivity index (χ2n) is 5.19. The summed E-state index contributed by atoms with van der Waals surface area (Å²) in [7, 11) is -1.24. The first kappa shape index (κ1) is 17.6. The Labute approximate surface area is 140 Å². The summed E-state index contributed by atoms with van der Waals surface area (Å²) >= 11 is 0. The Kier molecular flexibility index (Phi) is 4.56. The molecular formula is C16H18O6P2. The maximum absolute atomic E-state index is 12.5. The summed E-state index contributed by atoms with van der Waals surface area (Å²) in [5.41, 5.74) is 3.86. The van der Waals surface area contributed by atoms with Crippen molar-refractivity contribution in [2.45, 2.75) is 0 Å². The SMILES string of the molecule is COP(=O)(OC)c1ccc2c(c1)-c1cc(P(=O)(OC)OC)ccc1-2. The van der Waals surface area contributed by atoms with E-state index in [2.05, 4.69) is 0 Å². The van der Waals surface area contributed by atoms with Gasteiger partial charge in [-0.15, -0.1) is 0 Å². The van der Waals surface area contributed by atoms with Gasteiger partial charge in [0.05, 0.1) is 10.6 Å². The summed E-state index contributed by atoms with van der Waals surface area (Å²) in [6.07, 6.45) is 0. The molecule has 0 N–H and O–H groups in total. The third-order valence-corrected chi connectivity index (χ3v) is 7.92. The van der Waals surface area contributed by atoms with Crippen LogP contribution < -0.4 is 10.6 Å². The van der Waals surface area contributed by atoms with E-state index in [9.17, 15) is 9.13 Å². The van der Waals surface area contributed by atoms with Crippen molar-refractivity contribution in [3.05, 3.63) is 36.4 Å². The fourth-order valence-corrected chi connectivity index (χ4v) is 5.06. The highest BCUT2D eigenvalue weighted by atomic mass is 31.2. The molecule has 0 heterocycles. The van der Waals surface area contributed by atoms with Crippen LogP contribution in [0.2, 0.25) is 0 Å². The van der Waals surface area contributed by atoms with Crippen LogP contribution in [-0.2, 0) is 27.2 Å². The highest BCUT2D eigenvalue weighted by molar-refractivity contribution is 7.62. The van der Waals surface area contributed by atoms with Crippen molar-refractivity contribution in [3.8, 4) is 22.3 Å². The van der Waals surface area contributed by atoms with E-state index in [-0.39, 0.29) is 0 Å². The zero-order chi connectivity index (χ0) is 17.5. The lowest BCUT2D eigenvalue weighted by Crippen LogP contribution is -2.14. The molecule has 6 nitrogen and oxygen atoms in total. The van der Waals surface area contributed by atoms with Crippen LogP contribution in [0.1, 0.15) is 0 Å². The number of hydrogen-bond acceptors (Lipinski definition) is 6. The maximum atomic E-state index is 12.5. The van der Waals surface area contributed by atoms with E-state index in [0.717, 1.165) is 22.3 Å². The lowest BCUT2D eigenvalue weighted by atomic mass is 9.81. The quantitative estimate of drug-likeness (QED) is 0.620. The summed E-state index contributed by atoms with van der Waals surface area (Å²) in [5, 5.41) is 0.952. The molecule has 2 aromatic rings. The molecule has 0 fully saturated rings. The Morgan fingerprint density at radius 2 is 0.917 bits per heavy atom. The molecule has 0 radical (unpaired) electrons. The Bertz CT molecular complexity index is 803. The Balaban J connectivity index is 2.07. The molecule has 0 saturated heterocycles. The number of hydrogen-bond donors (Lipinski definition) is 0. The van der Waals surface area contributed by atoms with Crippen LogP contribution in [0.5, 0.6) is 0 Å². The molecule has 3 rings (SSSR count). The van der Waals surface area contributed by atoms with Crippen LogP contribution in [0.3, 0.4) is 0 Å². The molecule has 24 heavy (non-hydrogen) atoms. The van der Waals surface area contributed by atoms with Crippen molar-refractivity contribution in [1.82, 2.24) is 0 Å². The van der Waals surface area contributed by atoms with Crippen molar-refractivity contribution < 1.29 is 27.2 Å². The highest BCUT2D eigenvalue weighted by Gasteiger charge is 2.32. The van der Waals surface area contributed by atoms with Gasteiger partial charge in [-0.25, -0.2) is 0 Å². The summed E-state index contributed by atoms with van der Waals surface area (Å²) in [6.45, 7) is 0. The normalized spacial score (nSPS) is 13.2. The van der Waals surface area contributed by atoms with Gasteiger partial charge in [-0.2, -0.15) is 0 Å². The van der Waals surface area contributed by atoms with E-state index in [1.807, 2.05) is 12.1 Å². The van der Waals surface area contributed by atoms with Gasteiger partial charge in [0.1, 0.15) is 0 Å². The van der Waals surface area contributed by atoms with E-state index in [4.69, 9.17) is 18.1 Å². The van der Waals surface area contributed by atoms with E-state index in [1.54, 1.807) is 24.3 Å². The van der Waals surface area contributed by atoms with E-state index in [1.165, 1.54) is 28.4 Å². The van der Waals surface area contributed by atoms with Crippen molar-refractivity contribution in [2.75, 3.05) is 28.4 Å². The molecule has 0 atom stereocenters. The van der Waals surface area contributed by atoms with Gasteiger partial charge in [0, 0.05) is 28.4 Å². The predicted molar refractivity (Wildman–Crippen MR) is 93.4 cm³/mol. The van der Waals surface area contributed by atoms with Crippen molar-refractivity contribution in [3.63, 3.8) is 0 Å². The van der Waals surface area contributed by atoms with Crippen molar-refractivity contribution in [2.24, 2.45) is 0 Å². The van der Waals surface area contributed by atoms with Gasteiger partial charge in [0.2, 0.25) is 0 Å². The Morgan fingerprint density at radius 1 is 0.583 bits per heavy atom. The largest absolute Gasteiger partial charge is 0.360 e. The smallest absolute Gasteiger partial charge is 0.309 e. The molecule has 1 aliphatic rings. The van der Waals surface area contributed by atoms with Crippen LogP contribution in [0.25, 0.3) is 22.3 Å². The van der Waals surface area contributed by atoms with Crippen molar-refractivity contribution >= 4 is 25.8 Å². The minimum absolute atomic E-state index is 0.476. The first-order valence-electron chi connectivity index (χ1n) is 7.15. The Hall–Kier alpha value is -1.26. The zero-order valence-corrected chi connectivity index (χ0v) is 15.6. The zero-order valence-electron chi connectivity index (χ0n) is 13.8. The van der Waals surface area contributed by atoms with Gasteiger partial charge in [0.15, 0.2) is 0 Å². The predicted octanol–water partition coefficient (Wildman–Crippen LogP) is 3.56. The van der Waals surface area contributed by atoms with Gasteiger partial charge in [-0.05, 0) is 46.5 Å². The molecule has 1 aliphatic carbocycles. The average Bonchev–Trinajstić information content (AvgIpc) is 2.64. The van der Waals surface area contributed by atoms with Gasteiger partial charge in [0.25, 0.3) is 0 Å². The molecule has 0 aliphatic heterocycles. The number of fused-ring (bicyclic) bond motifs is 4. The minimum atomic E-state index is -3.32. The Morgan fingerprint density at radius 3 is 1.21 bits per heavy atom. The molecule has 0 bridgehead atoms. The van der Waals surface area contributed by atoms with Crippen LogP contribution in [0.15, 0.2) is 36.4 Å². The summed E-state index contributed by atoms with van der Waals surface area (Å²) in [4.78, 5) is 0. The summed E-state index contributed by atoms with van der Waals surface area (Å²) in [6, 6.07) is 10.8. The molecule has 128 valence electrons. The van der Waals surface area contributed by atoms with E-state index < -0.39 is 15.2 Å². The molecule has 8 heteroatoms. The molecule has 2 aromatic carbocycles. The first-order valence-corrected chi connectivity index (χ1v) is 10.2. The van der Waals surface area contributed by atoms with Crippen LogP contribution in [0, 0.1) is 0 Å². The lowest BCUT2D eigenvalue weighted by Gasteiger charge is -2.27. The molecule has 0 amide bonds. The van der Waals surface area contributed by atoms with E-state index >= 15 is 0 Å². The van der Waals surface area contributed by atoms with Gasteiger partial charge in [-0.3, -0.25) is 9.13 Å². The average molecular weight is 368 g/mol. The second-order valence-corrected chi connectivity index (χ2v) is 9.67. The van der Waals surface area contributed by atoms with Crippen LogP contribution in [0.4, 0.5) is 0 Å². The summed E-state index contributed by atoms with van der Waals surface area (Å²) < 4.78 is 45.2. The molecule has 0 unspecified atom stereocenters. The van der Waals surface area contributed by atoms with Crippen LogP contribution in [-0.4, -0.2) is 28.4 Å². The number of benzene rings is 2. The number of rotatable bonds is 6. The second kappa shape index (κ2) is 6.23. The third-order valence-electron chi connectivity index (χ3n) is 4.18. The minimum Gasteiger partial charge on any atom is -0.309 e. The van der Waals surface area contributed by atoms with Crippen LogP contribution >= 0.6 is 15.2 Å². The molecular weight excluding hydrogens is 350 g/mol. The topological polar surface area (TPSA) is 71.1 Å².